The number of methoxy groups -OCH3 is 1. The summed E-state index contributed by atoms with van der Waals surface area (Å²) in [6, 6.07) is 8.10. The summed E-state index contributed by atoms with van der Waals surface area (Å²) >= 11 is 0. The maximum absolute atomic E-state index is 6.38. The molecule has 2 rings (SSSR count). The molecule has 1 aromatic rings. The summed E-state index contributed by atoms with van der Waals surface area (Å²) in [6.07, 6.45) is 3.84. The Morgan fingerprint density at radius 1 is 1.30 bits per heavy atom. The average Bonchev–Trinajstić information content (AvgIpc) is 2.49. The van der Waals surface area contributed by atoms with Crippen LogP contribution in [0.4, 0.5) is 0 Å². The van der Waals surface area contributed by atoms with Gasteiger partial charge in [-0.15, -0.1) is 0 Å². The van der Waals surface area contributed by atoms with Gasteiger partial charge in [0.15, 0.2) is 0 Å². The van der Waals surface area contributed by atoms with Crippen LogP contribution in [0.1, 0.15) is 44.7 Å². The topological polar surface area (TPSA) is 38.5 Å². The van der Waals surface area contributed by atoms with E-state index in [4.69, 9.17) is 10.5 Å². The van der Waals surface area contributed by atoms with Crippen LogP contribution >= 0.6 is 0 Å². The van der Waals surface area contributed by atoms with Crippen LogP contribution < -0.4 is 10.5 Å². The minimum absolute atomic E-state index is 0.0251. The minimum Gasteiger partial charge on any atom is -0.496 e. The first kappa shape index (κ1) is 15.3. The second kappa shape index (κ2) is 6.59. The van der Waals surface area contributed by atoms with Gasteiger partial charge in [0.05, 0.1) is 7.11 Å². The van der Waals surface area contributed by atoms with E-state index in [1.54, 1.807) is 7.11 Å². The van der Waals surface area contributed by atoms with Crippen molar-refractivity contribution in [1.82, 2.24) is 4.90 Å². The van der Waals surface area contributed by atoms with Gasteiger partial charge in [-0.2, -0.15) is 0 Å². The van der Waals surface area contributed by atoms with Crippen LogP contribution in [0, 0.1) is 5.41 Å². The number of para-hydroxylation sites is 1. The van der Waals surface area contributed by atoms with Gasteiger partial charge in [-0.1, -0.05) is 38.5 Å². The van der Waals surface area contributed by atoms with E-state index >= 15 is 0 Å². The maximum atomic E-state index is 6.38. The van der Waals surface area contributed by atoms with E-state index in [1.807, 2.05) is 18.2 Å². The fourth-order valence-corrected chi connectivity index (χ4v) is 2.98. The molecule has 112 valence electrons. The smallest absolute Gasteiger partial charge is 0.123 e. The van der Waals surface area contributed by atoms with Gasteiger partial charge in [0.1, 0.15) is 5.75 Å². The molecule has 0 aliphatic carbocycles. The Bertz CT molecular complexity index is 425. The molecule has 20 heavy (non-hydrogen) atoms. The molecule has 0 bridgehead atoms. The predicted octanol–water partition coefficient (Wildman–Crippen LogP) is 3.21. The van der Waals surface area contributed by atoms with Gasteiger partial charge in [-0.25, -0.2) is 0 Å². The molecule has 1 aromatic carbocycles. The summed E-state index contributed by atoms with van der Waals surface area (Å²) in [5.74, 6) is 0.899. The zero-order valence-corrected chi connectivity index (χ0v) is 13.1. The van der Waals surface area contributed by atoms with E-state index in [-0.39, 0.29) is 6.04 Å². The molecule has 1 aliphatic heterocycles. The number of piperidine rings is 1. The summed E-state index contributed by atoms with van der Waals surface area (Å²) in [7, 11) is 1.71. The van der Waals surface area contributed by atoms with Crippen molar-refractivity contribution in [2.75, 3.05) is 26.7 Å². The molecule has 1 atom stereocenters. The molecule has 1 aliphatic rings. The Morgan fingerprint density at radius 3 is 2.55 bits per heavy atom. The summed E-state index contributed by atoms with van der Waals surface area (Å²) in [5, 5.41) is 0. The van der Waals surface area contributed by atoms with E-state index in [2.05, 4.69) is 24.8 Å². The minimum atomic E-state index is 0.0251. The van der Waals surface area contributed by atoms with Crippen LogP contribution in [-0.2, 0) is 0 Å². The largest absolute Gasteiger partial charge is 0.496 e. The van der Waals surface area contributed by atoms with Crippen molar-refractivity contribution < 1.29 is 4.74 Å². The number of rotatable bonds is 5. The Labute approximate surface area is 123 Å². The Kier molecular flexibility index (Phi) is 5.06. The van der Waals surface area contributed by atoms with Crippen LogP contribution in [0.3, 0.4) is 0 Å². The van der Waals surface area contributed by atoms with Crippen molar-refractivity contribution in [3.05, 3.63) is 29.8 Å². The third kappa shape index (κ3) is 3.53. The lowest BCUT2D eigenvalue weighted by atomic mass is 9.78. The summed E-state index contributed by atoms with van der Waals surface area (Å²) < 4.78 is 5.41. The van der Waals surface area contributed by atoms with E-state index < -0.39 is 0 Å². The fourth-order valence-electron chi connectivity index (χ4n) is 2.98. The van der Waals surface area contributed by atoms with Crippen molar-refractivity contribution >= 4 is 0 Å². The lowest BCUT2D eigenvalue weighted by Gasteiger charge is -2.39. The Morgan fingerprint density at radius 2 is 1.95 bits per heavy atom. The number of nitrogens with zero attached hydrogens (tertiary/aromatic N) is 1. The highest BCUT2D eigenvalue weighted by Crippen LogP contribution is 2.34. The van der Waals surface area contributed by atoms with Crippen LogP contribution in [0.25, 0.3) is 0 Å². The van der Waals surface area contributed by atoms with Crippen molar-refractivity contribution in [3.63, 3.8) is 0 Å². The molecule has 0 amide bonds. The molecule has 0 aromatic heterocycles. The highest BCUT2D eigenvalue weighted by molar-refractivity contribution is 5.35. The second-order valence-electron chi connectivity index (χ2n) is 6.31. The van der Waals surface area contributed by atoms with Crippen LogP contribution in [0.5, 0.6) is 5.75 Å². The molecule has 1 fully saturated rings. The molecule has 1 unspecified atom stereocenters. The molecule has 3 nitrogen and oxygen atoms in total. The van der Waals surface area contributed by atoms with E-state index in [1.165, 1.54) is 19.3 Å². The van der Waals surface area contributed by atoms with Gasteiger partial charge < -0.3 is 15.4 Å². The number of hydrogen-bond donors (Lipinski definition) is 1. The number of nitrogens with two attached hydrogens (primary N) is 1. The summed E-state index contributed by atoms with van der Waals surface area (Å²) in [5.41, 5.74) is 8.02. The van der Waals surface area contributed by atoms with E-state index in [0.717, 1.165) is 30.9 Å². The Hall–Kier alpha value is -1.06. The molecular weight excluding hydrogens is 248 g/mol. The number of benzene rings is 1. The fraction of sp³-hybridized carbons (Fsp3) is 0.647. The van der Waals surface area contributed by atoms with Crippen molar-refractivity contribution in [3.8, 4) is 5.75 Å². The molecule has 3 heteroatoms. The van der Waals surface area contributed by atoms with Crippen molar-refractivity contribution in [1.29, 1.82) is 0 Å². The highest BCUT2D eigenvalue weighted by atomic mass is 16.5. The van der Waals surface area contributed by atoms with Crippen LogP contribution in [0.2, 0.25) is 0 Å². The monoisotopic (exact) mass is 276 g/mol. The normalized spacial score (nSPS) is 20.6. The van der Waals surface area contributed by atoms with Gasteiger partial charge in [0.25, 0.3) is 0 Å². The molecule has 0 spiro atoms. The van der Waals surface area contributed by atoms with E-state index in [9.17, 15) is 0 Å². The van der Waals surface area contributed by atoms with Crippen molar-refractivity contribution in [2.24, 2.45) is 11.1 Å². The third-order valence-corrected chi connectivity index (χ3v) is 4.91. The molecule has 1 heterocycles. The number of hydrogen-bond acceptors (Lipinski definition) is 3. The van der Waals surface area contributed by atoms with Gasteiger partial charge in [0.2, 0.25) is 0 Å². The summed E-state index contributed by atoms with van der Waals surface area (Å²) in [6.45, 7) is 7.95. The van der Waals surface area contributed by atoms with Crippen molar-refractivity contribution in [2.45, 2.75) is 39.2 Å². The molecular formula is C17H28N2O. The lowest BCUT2D eigenvalue weighted by molar-refractivity contribution is 0.110. The zero-order chi connectivity index (χ0) is 14.6. The zero-order valence-electron chi connectivity index (χ0n) is 13.1. The van der Waals surface area contributed by atoms with Crippen LogP contribution in [0.15, 0.2) is 24.3 Å². The lowest BCUT2D eigenvalue weighted by Crippen LogP contribution is -2.41. The molecule has 0 radical (unpaired) electrons. The molecule has 1 saturated heterocycles. The van der Waals surface area contributed by atoms with E-state index in [0.29, 0.717) is 5.41 Å². The quantitative estimate of drug-likeness (QED) is 0.897. The number of likely N-dealkylation sites (tertiary alicyclic amines) is 1. The highest BCUT2D eigenvalue weighted by Gasteiger charge is 2.29. The summed E-state index contributed by atoms with van der Waals surface area (Å²) in [4.78, 5) is 2.49. The maximum Gasteiger partial charge on any atom is 0.123 e. The SMILES string of the molecule is CCC1(C)CCN(CC(N)c2ccccc2OC)CC1. The molecule has 0 saturated carbocycles. The van der Waals surface area contributed by atoms with Gasteiger partial charge in [0, 0.05) is 18.2 Å². The van der Waals surface area contributed by atoms with Gasteiger partial charge >= 0.3 is 0 Å². The third-order valence-electron chi connectivity index (χ3n) is 4.91. The first-order valence-corrected chi connectivity index (χ1v) is 7.69. The predicted molar refractivity (Wildman–Crippen MR) is 84.0 cm³/mol. The van der Waals surface area contributed by atoms with Crippen LogP contribution in [-0.4, -0.2) is 31.6 Å². The first-order chi connectivity index (χ1) is 9.58. The number of ether oxygens (including phenoxy) is 1. The standard InChI is InChI=1S/C17H28N2O/c1-4-17(2)9-11-19(12-10-17)13-15(18)14-7-5-6-8-16(14)20-3/h5-8,15H,4,9-13,18H2,1-3H3. The second-order valence-corrected chi connectivity index (χ2v) is 6.31. The van der Waals surface area contributed by atoms with Gasteiger partial charge in [-0.05, 0) is 37.4 Å². The molecule has 2 N–H and O–H groups in total. The first-order valence-electron chi connectivity index (χ1n) is 7.69. The average molecular weight is 276 g/mol. The van der Waals surface area contributed by atoms with Gasteiger partial charge in [-0.3, -0.25) is 0 Å². The Balaban J connectivity index is 1.94.